The number of carbonyl (C=O) groups is 1. The Balaban J connectivity index is 1.73. The lowest BCUT2D eigenvalue weighted by atomic mass is 10.2. The minimum absolute atomic E-state index is 0.231. The molecule has 1 aliphatic heterocycles. The van der Waals surface area contributed by atoms with Crippen molar-refractivity contribution in [2.75, 3.05) is 50.6 Å². The van der Waals surface area contributed by atoms with Crippen molar-refractivity contribution in [1.29, 1.82) is 0 Å². The minimum atomic E-state index is -0.349. The highest BCUT2D eigenvalue weighted by molar-refractivity contribution is 9.11. The number of nitrogens with one attached hydrogen (secondary N) is 2. The Morgan fingerprint density at radius 3 is 2.52 bits per heavy atom. The number of halogens is 2. The highest BCUT2D eigenvalue weighted by atomic mass is 79.9. The van der Waals surface area contributed by atoms with Crippen molar-refractivity contribution in [1.82, 2.24) is 10.2 Å². The van der Waals surface area contributed by atoms with Gasteiger partial charge in [0.1, 0.15) is 5.75 Å². The van der Waals surface area contributed by atoms with Gasteiger partial charge in [-0.25, -0.2) is 0 Å². The van der Waals surface area contributed by atoms with E-state index < -0.39 is 0 Å². The summed E-state index contributed by atoms with van der Waals surface area (Å²) in [5, 5.41) is 6.14. The van der Waals surface area contributed by atoms with E-state index in [1.165, 1.54) is 7.11 Å². The van der Waals surface area contributed by atoms with Crippen LogP contribution in [0.3, 0.4) is 0 Å². The first-order chi connectivity index (χ1) is 13.9. The maximum atomic E-state index is 12.8. The average molecular weight is 542 g/mol. The van der Waals surface area contributed by atoms with E-state index in [2.05, 4.69) is 65.4 Å². The lowest BCUT2D eigenvalue weighted by molar-refractivity contribution is 0.0974. The second-order valence-electron chi connectivity index (χ2n) is 6.68. The molecular weight excluding hydrogens is 520 g/mol. The van der Waals surface area contributed by atoms with Crippen LogP contribution in [0.1, 0.15) is 10.4 Å². The predicted octanol–water partition coefficient (Wildman–Crippen LogP) is 4.10. The maximum Gasteiger partial charge on any atom is 0.261 e. The molecule has 0 aliphatic carbocycles. The molecule has 0 spiro atoms. The Morgan fingerprint density at radius 1 is 1.14 bits per heavy atom. The predicted molar refractivity (Wildman–Crippen MR) is 128 cm³/mol. The molecule has 0 atom stereocenters. The van der Waals surface area contributed by atoms with Gasteiger partial charge in [0.05, 0.1) is 28.5 Å². The molecule has 1 amide bonds. The first-order valence-electron chi connectivity index (χ1n) is 9.07. The van der Waals surface area contributed by atoms with Crippen molar-refractivity contribution >= 4 is 66.5 Å². The molecule has 2 aromatic rings. The summed E-state index contributed by atoms with van der Waals surface area (Å²) in [6.07, 6.45) is 0. The van der Waals surface area contributed by atoms with E-state index in [-0.39, 0.29) is 11.0 Å². The second kappa shape index (κ2) is 9.88. The Kier molecular flexibility index (Phi) is 7.50. The van der Waals surface area contributed by atoms with Crippen LogP contribution in [0.2, 0.25) is 0 Å². The third-order valence-corrected chi connectivity index (χ3v) is 5.93. The van der Waals surface area contributed by atoms with Gasteiger partial charge in [-0.3, -0.25) is 10.1 Å². The molecule has 0 unspecified atom stereocenters. The zero-order valence-electron chi connectivity index (χ0n) is 16.2. The van der Waals surface area contributed by atoms with Crippen LogP contribution in [0.4, 0.5) is 11.4 Å². The van der Waals surface area contributed by atoms with Gasteiger partial charge < -0.3 is 19.9 Å². The third-order valence-electron chi connectivity index (χ3n) is 4.68. The van der Waals surface area contributed by atoms with Crippen molar-refractivity contribution in [2.24, 2.45) is 0 Å². The van der Waals surface area contributed by atoms with E-state index in [0.29, 0.717) is 15.8 Å². The van der Waals surface area contributed by atoms with Gasteiger partial charge in [-0.05, 0) is 59.5 Å². The van der Waals surface area contributed by atoms with E-state index in [9.17, 15) is 4.79 Å². The van der Waals surface area contributed by atoms with Crippen LogP contribution in [0.5, 0.6) is 5.75 Å². The van der Waals surface area contributed by atoms with Crippen LogP contribution in [0.15, 0.2) is 45.3 Å². The highest BCUT2D eigenvalue weighted by Crippen LogP contribution is 2.32. The number of para-hydroxylation sites is 2. The van der Waals surface area contributed by atoms with Crippen LogP contribution >= 0.6 is 44.1 Å². The van der Waals surface area contributed by atoms with Crippen LogP contribution in [0.25, 0.3) is 0 Å². The van der Waals surface area contributed by atoms with E-state index in [4.69, 9.17) is 17.0 Å². The molecule has 2 N–H and O–H groups in total. The summed E-state index contributed by atoms with van der Waals surface area (Å²) in [5.41, 5.74) is 2.31. The average Bonchev–Trinajstić information content (AvgIpc) is 2.68. The summed E-state index contributed by atoms with van der Waals surface area (Å²) in [5.74, 6) is 0.102. The fourth-order valence-electron chi connectivity index (χ4n) is 3.16. The standard InChI is InChI=1S/C20H22Br2N4O2S/c1-25-7-9-26(10-8-25)17-6-4-3-5-16(17)23-20(29)24-19(27)14-11-13(21)12-15(22)18(14)28-2/h3-6,11-12H,7-10H2,1-2H3,(H2,23,24,27,29). The molecular formula is C20H22Br2N4O2S. The topological polar surface area (TPSA) is 56.8 Å². The number of benzene rings is 2. The van der Waals surface area contributed by atoms with Crippen molar-refractivity contribution in [3.8, 4) is 5.75 Å². The smallest absolute Gasteiger partial charge is 0.261 e. The molecule has 0 aromatic heterocycles. The van der Waals surface area contributed by atoms with E-state index in [0.717, 1.165) is 42.0 Å². The maximum absolute atomic E-state index is 12.8. The second-order valence-corrected chi connectivity index (χ2v) is 8.86. The number of anilines is 2. The summed E-state index contributed by atoms with van der Waals surface area (Å²) in [6, 6.07) is 11.5. The fourth-order valence-corrected chi connectivity index (χ4v) is 4.75. The summed E-state index contributed by atoms with van der Waals surface area (Å²) in [7, 11) is 3.65. The number of rotatable bonds is 4. The number of hydrogen-bond donors (Lipinski definition) is 2. The van der Waals surface area contributed by atoms with Gasteiger partial charge in [-0.15, -0.1) is 0 Å². The lowest BCUT2D eigenvalue weighted by Gasteiger charge is -2.35. The lowest BCUT2D eigenvalue weighted by Crippen LogP contribution is -2.45. The quantitative estimate of drug-likeness (QED) is 0.568. The zero-order valence-corrected chi connectivity index (χ0v) is 20.2. The van der Waals surface area contributed by atoms with Crippen molar-refractivity contribution in [3.63, 3.8) is 0 Å². The SMILES string of the molecule is COc1c(Br)cc(Br)cc1C(=O)NC(=S)Nc1ccccc1N1CCN(C)CC1. The summed E-state index contributed by atoms with van der Waals surface area (Å²) in [6.45, 7) is 3.90. The van der Waals surface area contributed by atoms with E-state index >= 15 is 0 Å². The molecule has 1 saturated heterocycles. The summed E-state index contributed by atoms with van der Waals surface area (Å²) >= 11 is 12.2. The molecule has 1 fully saturated rings. The molecule has 1 heterocycles. The summed E-state index contributed by atoms with van der Waals surface area (Å²) < 4.78 is 6.79. The first-order valence-corrected chi connectivity index (χ1v) is 11.1. The Labute approximate surface area is 192 Å². The number of methoxy groups -OCH3 is 1. The van der Waals surface area contributed by atoms with Crippen LogP contribution in [-0.4, -0.2) is 56.3 Å². The molecule has 6 nitrogen and oxygen atoms in total. The van der Waals surface area contributed by atoms with Crippen LogP contribution < -0.4 is 20.3 Å². The minimum Gasteiger partial charge on any atom is -0.495 e. The molecule has 0 bridgehead atoms. The highest BCUT2D eigenvalue weighted by Gasteiger charge is 2.20. The van der Waals surface area contributed by atoms with Gasteiger partial charge in [0.25, 0.3) is 5.91 Å². The number of ether oxygens (including phenoxy) is 1. The number of piperazine rings is 1. The third kappa shape index (κ3) is 5.48. The molecule has 1 aliphatic rings. The van der Waals surface area contributed by atoms with Gasteiger partial charge in [-0.1, -0.05) is 28.1 Å². The summed E-state index contributed by atoms with van der Waals surface area (Å²) in [4.78, 5) is 17.4. The largest absolute Gasteiger partial charge is 0.495 e. The number of hydrogen-bond acceptors (Lipinski definition) is 5. The molecule has 9 heteroatoms. The molecule has 29 heavy (non-hydrogen) atoms. The van der Waals surface area contributed by atoms with Crippen molar-refractivity contribution < 1.29 is 9.53 Å². The molecule has 3 rings (SSSR count). The Hall–Kier alpha value is -1.68. The zero-order chi connectivity index (χ0) is 21.0. The van der Waals surface area contributed by atoms with Crippen LogP contribution in [-0.2, 0) is 0 Å². The Morgan fingerprint density at radius 2 is 1.83 bits per heavy atom. The molecule has 0 saturated carbocycles. The number of thiocarbonyl (C=S) groups is 1. The molecule has 2 aromatic carbocycles. The van der Waals surface area contributed by atoms with Gasteiger partial charge in [0.15, 0.2) is 5.11 Å². The van der Waals surface area contributed by atoms with Crippen LogP contribution in [0, 0.1) is 0 Å². The van der Waals surface area contributed by atoms with Crippen molar-refractivity contribution in [2.45, 2.75) is 0 Å². The van der Waals surface area contributed by atoms with Gasteiger partial charge >= 0.3 is 0 Å². The molecule has 154 valence electrons. The number of carbonyl (C=O) groups excluding carboxylic acids is 1. The van der Waals surface area contributed by atoms with Gasteiger partial charge in [0.2, 0.25) is 0 Å². The monoisotopic (exact) mass is 540 g/mol. The normalized spacial score (nSPS) is 14.4. The number of likely N-dealkylation sites (N-methyl/N-ethyl adjacent to an activating group) is 1. The molecule has 0 radical (unpaired) electrons. The van der Waals surface area contributed by atoms with Gasteiger partial charge in [0, 0.05) is 30.7 Å². The first kappa shape index (κ1) is 22.0. The fraction of sp³-hybridized carbons (Fsp3) is 0.300. The van der Waals surface area contributed by atoms with E-state index in [1.54, 1.807) is 6.07 Å². The number of nitrogens with zero attached hydrogens (tertiary/aromatic N) is 2. The van der Waals surface area contributed by atoms with E-state index in [1.807, 2.05) is 24.3 Å². The van der Waals surface area contributed by atoms with Gasteiger partial charge in [-0.2, -0.15) is 0 Å². The number of amides is 1. The van der Waals surface area contributed by atoms with Crippen molar-refractivity contribution in [3.05, 3.63) is 50.9 Å². The Bertz CT molecular complexity index is 917.